The number of ether oxygens (including phenoxy) is 1. The largest absolute Gasteiger partial charge is 0.495 e. The normalized spacial score (nSPS) is 10.3. The van der Waals surface area contributed by atoms with Gasteiger partial charge in [0.2, 0.25) is 0 Å². The van der Waals surface area contributed by atoms with Crippen LogP contribution >= 0.6 is 27.5 Å². The van der Waals surface area contributed by atoms with Crippen molar-refractivity contribution in [2.24, 2.45) is 0 Å². The van der Waals surface area contributed by atoms with Crippen molar-refractivity contribution in [3.63, 3.8) is 0 Å². The smallest absolute Gasteiger partial charge is 0.139 e. The van der Waals surface area contributed by atoms with E-state index in [1.807, 2.05) is 12.1 Å². The minimum atomic E-state index is -0.247. The van der Waals surface area contributed by atoms with Gasteiger partial charge in [-0.2, -0.15) is 0 Å². The predicted octanol–water partition coefficient (Wildman–Crippen LogP) is 4.86. The van der Waals surface area contributed by atoms with E-state index in [1.54, 1.807) is 25.3 Å². The zero-order valence-electron chi connectivity index (χ0n) is 10.2. The molecule has 0 unspecified atom stereocenters. The summed E-state index contributed by atoms with van der Waals surface area (Å²) in [4.78, 5) is 0. The molecule has 0 saturated heterocycles. The summed E-state index contributed by atoms with van der Waals surface area (Å²) in [6.07, 6.45) is 0. The molecule has 0 amide bonds. The second-order valence-electron chi connectivity index (χ2n) is 3.94. The van der Waals surface area contributed by atoms with Crippen molar-refractivity contribution in [1.29, 1.82) is 0 Å². The fourth-order valence-electron chi connectivity index (χ4n) is 1.63. The maximum absolute atomic E-state index is 13.6. The molecule has 0 aliphatic heterocycles. The number of anilines is 1. The Kier molecular flexibility index (Phi) is 4.66. The molecular formula is C14H12BrClFNO. The van der Waals surface area contributed by atoms with E-state index in [0.717, 1.165) is 10.2 Å². The van der Waals surface area contributed by atoms with Crippen LogP contribution in [-0.2, 0) is 6.54 Å². The van der Waals surface area contributed by atoms with E-state index in [1.165, 1.54) is 6.07 Å². The van der Waals surface area contributed by atoms with Gasteiger partial charge in [-0.25, -0.2) is 4.39 Å². The van der Waals surface area contributed by atoms with E-state index in [2.05, 4.69) is 21.2 Å². The molecule has 0 spiro atoms. The summed E-state index contributed by atoms with van der Waals surface area (Å²) in [6, 6.07) is 10.3. The van der Waals surface area contributed by atoms with Crippen LogP contribution in [0.25, 0.3) is 0 Å². The molecule has 5 heteroatoms. The molecule has 1 N–H and O–H groups in total. The molecule has 2 aromatic rings. The lowest BCUT2D eigenvalue weighted by atomic mass is 10.2. The summed E-state index contributed by atoms with van der Waals surface area (Å²) in [5.41, 5.74) is 1.42. The Morgan fingerprint density at radius 2 is 2.05 bits per heavy atom. The van der Waals surface area contributed by atoms with Gasteiger partial charge in [0.25, 0.3) is 0 Å². The van der Waals surface area contributed by atoms with Crippen molar-refractivity contribution in [2.75, 3.05) is 12.4 Å². The van der Waals surface area contributed by atoms with Crippen molar-refractivity contribution in [3.8, 4) is 5.75 Å². The molecule has 0 saturated carbocycles. The monoisotopic (exact) mass is 343 g/mol. The Morgan fingerprint density at radius 1 is 1.26 bits per heavy atom. The van der Waals surface area contributed by atoms with Crippen LogP contribution < -0.4 is 10.1 Å². The number of rotatable bonds is 4. The molecule has 0 bridgehead atoms. The first-order chi connectivity index (χ1) is 9.10. The third kappa shape index (κ3) is 3.61. The highest BCUT2D eigenvalue weighted by Gasteiger charge is 2.05. The van der Waals surface area contributed by atoms with Gasteiger partial charge in [-0.05, 0) is 24.3 Å². The van der Waals surface area contributed by atoms with Gasteiger partial charge in [0.1, 0.15) is 11.6 Å². The molecule has 0 radical (unpaired) electrons. The Bertz CT molecular complexity index is 592. The number of nitrogens with one attached hydrogen (secondary N) is 1. The molecule has 0 aliphatic carbocycles. The average molecular weight is 345 g/mol. The fourth-order valence-corrected chi connectivity index (χ4v) is 2.16. The molecule has 19 heavy (non-hydrogen) atoms. The lowest BCUT2D eigenvalue weighted by Gasteiger charge is -2.10. The highest BCUT2D eigenvalue weighted by Crippen LogP contribution is 2.27. The fraction of sp³-hybridized carbons (Fsp3) is 0.143. The van der Waals surface area contributed by atoms with Crippen LogP contribution in [-0.4, -0.2) is 7.11 Å². The summed E-state index contributed by atoms with van der Waals surface area (Å²) >= 11 is 9.17. The minimum Gasteiger partial charge on any atom is -0.495 e. The van der Waals surface area contributed by atoms with E-state index in [0.29, 0.717) is 22.9 Å². The first-order valence-electron chi connectivity index (χ1n) is 5.61. The van der Waals surface area contributed by atoms with Gasteiger partial charge in [0.15, 0.2) is 0 Å². The predicted molar refractivity (Wildman–Crippen MR) is 79.4 cm³/mol. The van der Waals surface area contributed by atoms with Gasteiger partial charge in [0, 0.05) is 28.3 Å². The maximum atomic E-state index is 13.6. The number of hydrogen-bond acceptors (Lipinski definition) is 2. The van der Waals surface area contributed by atoms with Crippen molar-refractivity contribution in [2.45, 2.75) is 6.54 Å². The van der Waals surface area contributed by atoms with Crippen LogP contribution in [0, 0.1) is 5.82 Å². The van der Waals surface area contributed by atoms with Gasteiger partial charge in [-0.1, -0.05) is 33.6 Å². The molecular weight excluding hydrogens is 333 g/mol. The van der Waals surface area contributed by atoms with Crippen LogP contribution in [0.3, 0.4) is 0 Å². The van der Waals surface area contributed by atoms with Gasteiger partial charge in [-0.3, -0.25) is 0 Å². The molecule has 0 aliphatic rings. The van der Waals surface area contributed by atoms with Crippen molar-refractivity contribution >= 4 is 33.2 Å². The summed E-state index contributed by atoms with van der Waals surface area (Å²) in [6.45, 7) is 0.393. The molecule has 0 heterocycles. The Morgan fingerprint density at radius 3 is 2.74 bits per heavy atom. The highest BCUT2D eigenvalue weighted by molar-refractivity contribution is 9.10. The lowest BCUT2D eigenvalue weighted by Crippen LogP contribution is -2.02. The topological polar surface area (TPSA) is 21.3 Å². The van der Waals surface area contributed by atoms with Crippen LogP contribution in [0.1, 0.15) is 5.56 Å². The minimum absolute atomic E-state index is 0.247. The lowest BCUT2D eigenvalue weighted by molar-refractivity contribution is 0.415. The van der Waals surface area contributed by atoms with E-state index < -0.39 is 0 Å². The second-order valence-corrected chi connectivity index (χ2v) is 5.26. The molecule has 0 aromatic heterocycles. The first kappa shape index (κ1) is 14.2. The molecule has 2 rings (SSSR count). The standard InChI is InChI=1S/C14H12BrClFNO/c1-19-14-7-11(4-5-12(14)16)18-8-9-2-3-10(15)6-13(9)17/h2-7,18H,8H2,1H3. The van der Waals surface area contributed by atoms with E-state index in [4.69, 9.17) is 16.3 Å². The Hall–Kier alpha value is -1.26. The van der Waals surface area contributed by atoms with Crippen molar-refractivity contribution < 1.29 is 9.13 Å². The number of halogens is 3. The molecule has 2 nitrogen and oxygen atoms in total. The molecule has 0 fully saturated rings. The van der Waals surface area contributed by atoms with Crippen LogP contribution in [0.5, 0.6) is 5.75 Å². The van der Waals surface area contributed by atoms with E-state index >= 15 is 0 Å². The summed E-state index contributed by atoms with van der Waals surface area (Å²) < 4.78 is 19.5. The van der Waals surface area contributed by atoms with Gasteiger partial charge in [0.05, 0.1) is 12.1 Å². The van der Waals surface area contributed by atoms with Crippen LogP contribution in [0.15, 0.2) is 40.9 Å². The third-order valence-electron chi connectivity index (χ3n) is 2.65. The van der Waals surface area contributed by atoms with Gasteiger partial charge >= 0.3 is 0 Å². The SMILES string of the molecule is COc1cc(NCc2ccc(Br)cc2F)ccc1Cl. The summed E-state index contributed by atoms with van der Waals surface area (Å²) in [7, 11) is 1.55. The number of benzene rings is 2. The average Bonchev–Trinajstić information content (AvgIpc) is 2.39. The third-order valence-corrected chi connectivity index (χ3v) is 3.45. The summed E-state index contributed by atoms with van der Waals surface area (Å²) in [5, 5.41) is 3.67. The van der Waals surface area contributed by atoms with E-state index in [9.17, 15) is 4.39 Å². The van der Waals surface area contributed by atoms with Gasteiger partial charge < -0.3 is 10.1 Å². The quantitative estimate of drug-likeness (QED) is 0.855. The van der Waals surface area contributed by atoms with E-state index in [-0.39, 0.29) is 5.82 Å². The molecule has 100 valence electrons. The maximum Gasteiger partial charge on any atom is 0.139 e. The number of hydrogen-bond donors (Lipinski definition) is 1. The zero-order valence-corrected chi connectivity index (χ0v) is 12.6. The zero-order chi connectivity index (χ0) is 13.8. The number of methoxy groups -OCH3 is 1. The summed E-state index contributed by atoms with van der Waals surface area (Å²) in [5.74, 6) is 0.339. The first-order valence-corrected chi connectivity index (χ1v) is 6.78. The van der Waals surface area contributed by atoms with Gasteiger partial charge in [-0.15, -0.1) is 0 Å². The van der Waals surface area contributed by atoms with Crippen molar-refractivity contribution in [1.82, 2.24) is 0 Å². The Labute approximate surface area is 124 Å². The molecule has 2 aromatic carbocycles. The Balaban J connectivity index is 2.10. The van der Waals surface area contributed by atoms with Crippen LogP contribution in [0.2, 0.25) is 5.02 Å². The highest BCUT2D eigenvalue weighted by atomic mass is 79.9. The molecule has 0 atom stereocenters. The second kappa shape index (κ2) is 6.26. The van der Waals surface area contributed by atoms with Crippen LogP contribution in [0.4, 0.5) is 10.1 Å². The van der Waals surface area contributed by atoms with Crippen molar-refractivity contribution in [3.05, 3.63) is 57.3 Å².